The van der Waals surface area contributed by atoms with Crippen LogP contribution in [0.25, 0.3) is 0 Å². The number of hydrogen-bond acceptors (Lipinski definition) is 3. The van der Waals surface area contributed by atoms with E-state index in [2.05, 4.69) is 37.2 Å². The molecule has 0 aliphatic heterocycles. The molecule has 0 heterocycles. The van der Waals surface area contributed by atoms with Crippen LogP contribution in [0.5, 0.6) is 5.75 Å². The van der Waals surface area contributed by atoms with Crippen LogP contribution in [0.4, 0.5) is 17.1 Å². The van der Waals surface area contributed by atoms with E-state index in [1.54, 1.807) is 13.2 Å². The number of halogens is 2. The molecule has 3 N–H and O–H groups in total. The maximum absolute atomic E-state index is 5.96. The molecule has 0 bridgehead atoms. The molecule has 0 saturated carbocycles. The van der Waals surface area contributed by atoms with E-state index >= 15 is 0 Å². The van der Waals surface area contributed by atoms with Gasteiger partial charge in [0, 0.05) is 15.0 Å². The van der Waals surface area contributed by atoms with Gasteiger partial charge < -0.3 is 15.8 Å². The summed E-state index contributed by atoms with van der Waals surface area (Å²) in [5.74, 6) is 0.742. The van der Waals surface area contributed by atoms with Crippen LogP contribution in [-0.2, 0) is 0 Å². The molecule has 18 heavy (non-hydrogen) atoms. The summed E-state index contributed by atoms with van der Waals surface area (Å²) in [7, 11) is 1.62. The molecule has 2 aromatic carbocycles. The lowest BCUT2D eigenvalue weighted by atomic mass is 10.2. The predicted molar refractivity (Wildman–Crippen MR) is 82.5 cm³/mol. The van der Waals surface area contributed by atoms with Crippen LogP contribution in [0.2, 0.25) is 0 Å². The summed E-state index contributed by atoms with van der Waals surface area (Å²) >= 11 is 6.93. The van der Waals surface area contributed by atoms with Crippen molar-refractivity contribution in [1.82, 2.24) is 0 Å². The molecule has 0 unspecified atom stereocenters. The predicted octanol–water partition coefficient (Wildman–Crippen LogP) is 4.55. The molecule has 0 spiro atoms. The Morgan fingerprint density at radius 3 is 2.50 bits per heavy atom. The number of benzene rings is 2. The summed E-state index contributed by atoms with van der Waals surface area (Å²) in [6.07, 6.45) is 0. The lowest BCUT2D eigenvalue weighted by Crippen LogP contribution is -1.97. The number of rotatable bonds is 3. The van der Waals surface area contributed by atoms with Crippen molar-refractivity contribution in [2.75, 3.05) is 18.2 Å². The smallest absolute Gasteiger partial charge is 0.121 e. The Labute approximate surface area is 123 Å². The van der Waals surface area contributed by atoms with E-state index in [1.165, 1.54) is 0 Å². The molecule has 0 atom stereocenters. The highest BCUT2D eigenvalue weighted by Crippen LogP contribution is 2.32. The van der Waals surface area contributed by atoms with Gasteiger partial charge in [-0.2, -0.15) is 0 Å². The van der Waals surface area contributed by atoms with Crippen molar-refractivity contribution in [1.29, 1.82) is 0 Å². The third kappa shape index (κ3) is 2.97. The van der Waals surface area contributed by atoms with Gasteiger partial charge in [0.05, 0.1) is 24.2 Å². The second kappa shape index (κ2) is 5.63. The normalized spacial score (nSPS) is 10.2. The van der Waals surface area contributed by atoms with E-state index < -0.39 is 0 Å². The molecule has 2 rings (SSSR count). The quantitative estimate of drug-likeness (QED) is 0.778. The maximum Gasteiger partial charge on any atom is 0.121 e. The Bertz CT molecular complexity index is 573. The Hall–Kier alpha value is -1.20. The molecule has 2 aromatic rings. The highest BCUT2D eigenvalue weighted by molar-refractivity contribution is 9.11. The SMILES string of the molecule is COc1ccc(Nc2cc(Br)ccc2Br)c(N)c1. The second-order valence-electron chi connectivity index (χ2n) is 3.70. The van der Waals surface area contributed by atoms with Gasteiger partial charge in [-0.05, 0) is 46.3 Å². The maximum atomic E-state index is 5.96. The minimum atomic E-state index is 0.640. The number of nitrogen functional groups attached to an aromatic ring is 1. The number of nitrogens with one attached hydrogen (secondary N) is 1. The van der Waals surface area contributed by atoms with Gasteiger partial charge in [0.15, 0.2) is 0 Å². The van der Waals surface area contributed by atoms with Gasteiger partial charge >= 0.3 is 0 Å². The van der Waals surface area contributed by atoms with E-state index in [4.69, 9.17) is 10.5 Å². The first-order chi connectivity index (χ1) is 8.60. The van der Waals surface area contributed by atoms with E-state index in [9.17, 15) is 0 Å². The Balaban J connectivity index is 2.31. The number of anilines is 3. The fourth-order valence-electron chi connectivity index (χ4n) is 1.52. The minimum absolute atomic E-state index is 0.640. The highest BCUT2D eigenvalue weighted by Gasteiger charge is 2.05. The molecular formula is C13H12Br2N2O. The van der Waals surface area contributed by atoms with Gasteiger partial charge in [-0.3, -0.25) is 0 Å². The van der Waals surface area contributed by atoms with Gasteiger partial charge in [0.25, 0.3) is 0 Å². The monoisotopic (exact) mass is 370 g/mol. The Morgan fingerprint density at radius 1 is 1.06 bits per heavy atom. The first kappa shape index (κ1) is 13.2. The van der Waals surface area contributed by atoms with E-state index in [-0.39, 0.29) is 0 Å². The number of methoxy groups -OCH3 is 1. The molecule has 0 aromatic heterocycles. The molecule has 0 aliphatic rings. The van der Waals surface area contributed by atoms with Crippen LogP contribution in [0, 0.1) is 0 Å². The number of ether oxygens (including phenoxy) is 1. The van der Waals surface area contributed by atoms with Crippen LogP contribution < -0.4 is 15.8 Å². The first-order valence-corrected chi connectivity index (χ1v) is 6.84. The standard InChI is InChI=1S/C13H12Br2N2O/c1-18-9-3-5-12(11(16)7-9)17-13-6-8(14)2-4-10(13)15/h2-7,17H,16H2,1H3. The molecular weight excluding hydrogens is 360 g/mol. The van der Waals surface area contributed by atoms with Crippen molar-refractivity contribution in [2.45, 2.75) is 0 Å². The summed E-state index contributed by atoms with van der Waals surface area (Å²) < 4.78 is 7.09. The average molecular weight is 372 g/mol. The van der Waals surface area contributed by atoms with Crippen LogP contribution in [0.1, 0.15) is 0 Å². The zero-order chi connectivity index (χ0) is 13.1. The molecule has 3 nitrogen and oxygen atoms in total. The lowest BCUT2D eigenvalue weighted by Gasteiger charge is -2.12. The van der Waals surface area contributed by atoms with Gasteiger partial charge in [-0.25, -0.2) is 0 Å². The average Bonchev–Trinajstić information content (AvgIpc) is 2.36. The summed E-state index contributed by atoms with van der Waals surface area (Å²) in [5.41, 5.74) is 8.39. The number of hydrogen-bond donors (Lipinski definition) is 2. The Morgan fingerprint density at radius 2 is 1.83 bits per heavy atom. The van der Waals surface area contributed by atoms with Gasteiger partial charge in [0.2, 0.25) is 0 Å². The zero-order valence-corrected chi connectivity index (χ0v) is 12.9. The van der Waals surface area contributed by atoms with Crippen LogP contribution in [0.15, 0.2) is 45.3 Å². The van der Waals surface area contributed by atoms with Crippen molar-refractivity contribution >= 4 is 48.9 Å². The fourth-order valence-corrected chi connectivity index (χ4v) is 2.23. The summed E-state index contributed by atoms with van der Waals surface area (Å²) in [5, 5.41) is 3.28. The second-order valence-corrected chi connectivity index (χ2v) is 5.47. The van der Waals surface area contributed by atoms with Crippen molar-refractivity contribution < 1.29 is 4.74 Å². The molecule has 0 amide bonds. The summed E-state index contributed by atoms with van der Waals surface area (Å²) in [6, 6.07) is 11.5. The zero-order valence-electron chi connectivity index (χ0n) is 9.71. The highest BCUT2D eigenvalue weighted by atomic mass is 79.9. The molecule has 5 heteroatoms. The summed E-state index contributed by atoms with van der Waals surface area (Å²) in [4.78, 5) is 0. The van der Waals surface area contributed by atoms with Crippen LogP contribution in [0.3, 0.4) is 0 Å². The van der Waals surface area contributed by atoms with Gasteiger partial charge in [-0.15, -0.1) is 0 Å². The van der Waals surface area contributed by atoms with Crippen molar-refractivity contribution in [3.8, 4) is 5.75 Å². The van der Waals surface area contributed by atoms with Crippen molar-refractivity contribution in [3.05, 3.63) is 45.3 Å². The van der Waals surface area contributed by atoms with Crippen molar-refractivity contribution in [2.24, 2.45) is 0 Å². The molecule has 94 valence electrons. The molecule has 0 radical (unpaired) electrons. The third-order valence-electron chi connectivity index (χ3n) is 2.46. The molecule has 0 fully saturated rings. The van der Waals surface area contributed by atoms with Crippen LogP contribution >= 0.6 is 31.9 Å². The van der Waals surface area contributed by atoms with E-state index in [1.807, 2.05) is 30.3 Å². The number of nitrogens with two attached hydrogens (primary N) is 1. The summed E-state index contributed by atoms with van der Waals surface area (Å²) in [6.45, 7) is 0. The van der Waals surface area contributed by atoms with E-state index in [0.717, 1.165) is 26.1 Å². The van der Waals surface area contributed by atoms with Gasteiger partial charge in [-0.1, -0.05) is 15.9 Å². The topological polar surface area (TPSA) is 47.3 Å². The van der Waals surface area contributed by atoms with E-state index in [0.29, 0.717) is 5.69 Å². The first-order valence-electron chi connectivity index (χ1n) is 5.26. The lowest BCUT2D eigenvalue weighted by molar-refractivity contribution is 0.415. The molecule has 0 saturated heterocycles. The van der Waals surface area contributed by atoms with Crippen molar-refractivity contribution in [3.63, 3.8) is 0 Å². The third-order valence-corrected chi connectivity index (χ3v) is 3.64. The fraction of sp³-hybridized carbons (Fsp3) is 0.0769. The Kier molecular flexibility index (Phi) is 4.14. The minimum Gasteiger partial charge on any atom is -0.497 e. The molecule has 0 aliphatic carbocycles. The van der Waals surface area contributed by atoms with Crippen LogP contribution in [-0.4, -0.2) is 7.11 Å². The van der Waals surface area contributed by atoms with Gasteiger partial charge in [0.1, 0.15) is 5.75 Å². The largest absolute Gasteiger partial charge is 0.497 e.